The summed E-state index contributed by atoms with van der Waals surface area (Å²) in [6.07, 6.45) is -3.36. The van der Waals surface area contributed by atoms with Crippen LogP contribution in [-0.4, -0.2) is 43.2 Å². The molecule has 1 unspecified atom stereocenters. The molecule has 0 aliphatic rings. The first-order valence-corrected chi connectivity index (χ1v) is 8.85. The minimum Gasteiger partial charge on any atom is -0.496 e. The second kappa shape index (κ2) is 8.22. The van der Waals surface area contributed by atoms with Crippen LogP contribution in [-0.2, 0) is 5.60 Å². The molecule has 0 aliphatic carbocycles. The molecule has 0 heterocycles. The molecule has 2 aromatic rings. The molecule has 0 saturated heterocycles. The summed E-state index contributed by atoms with van der Waals surface area (Å²) in [5.74, 6) is -0.0834. The van der Waals surface area contributed by atoms with Gasteiger partial charge in [0.1, 0.15) is 5.75 Å². The van der Waals surface area contributed by atoms with E-state index in [4.69, 9.17) is 4.74 Å². The number of hydrogen-bond donors (Lipinski definition) is 1. The van der Waals surface area contributed by atoms with Crippen molar-refractivity contribution in [2.45, 2.75) is 32.5 Å². The van der Waals surface area contributed by atoms with Gasteiger partial charge in [0.25, 0.3) is 0 Å². The van der Waals surface area contributed by atoms with E-state index in [0.29, 0.717) is 16.8 Å². The number of alkyl halides is 3. The second-order valence-electron chi connectivity index (χ2n) is 6.68. The van der Waals surface area contributed by atoms with E-state index in [1.165, 1.54) is 44.4 Å². The predicted octanol–water partition coefficient (Wildman–Crippen LogP) is 4.72. The zero-order valence-corrected chi connectivity index (χ0v) is 16.6. The third kappa shape index (κ3) is 3.99. The third-order valence-electron chi connectivity index (χ3n) is 4.75. The lowest BCUT2D eigenvalue weighted by atomic mass is 9.82. The third-order valence-corrected chi connectivity index (χ3v) is 4.75. The highest BCUT2D eigenvalue weighted by Gasteiger charge is 2.58. The summed E-state index contributed by atoms with van der Waals surface area (Å²) in [6, 6.07) is 8.61. The van der Waals surface area contributed by atoms with Crippen molar-refractivity contribution >= 4 is 12.0 Å². The van der Waals surface area contributed by atoms with Crippen molar-refractivity contribution in [2.24, 2.45) is 4.99 Å². The normalized spacial score (nSPS) is 14.2. The summed E-state index contributed by atoms with van der Waals surface area (Å²) in [5.41, 5.74) is -2.52. The Balaban J connectivity index is 2.73. The Morgan fingerprint density at radius 1 is 1.11 bits per heavy atom. The first kappa shape index (κ1) is 21.8. The second-order valence-corrected chi connectivity index (χ2v) is 6.68. The SMILES string of the molecule is CCN(C)C=Nc1cc(OC)c(C(O)(c2ccccc2C)C(F)(F)F)cc1C. The van der Waals surface area contributed by atoms with Crippen LogP contribution in [0.3, 0.4) is 0 Å². The molecule has 0 amide bonds. The molecular weight excluding hydrogens is 369 g/mol. The number of halogens is 3. The van der Waals surface area contributed by atoms with Gasteiger partial charge in [0, 0.05) is 30.8 Å². The molecule has 0 spiro atoms. The lowest BCUT2D eigenvalue weighted by Crippen LogP contribution is -2.44. The van der Waals surface area contributed by atoms with Crippen molar-refractivity contribution in [2.75, 3.05) is 20.7 Å². The number of aliphatic imine (C=N–C) groups is 1. The van der Waals surface area contributed by atoms with Crippen molar-refractivity contribution in [1.82, 2.24) is 4.90 Å². The molecule has 152 valence electrons. The summed E-state index contributed by atoms with van der Waals surface area (Å²) < 4.78 is 47.7. The molecule has 0 radical (unpaired) electrons. The lowest BCUT2D eigenvalue weighted by Gasteiger charge is -2.34. The molecular formula is C21H25F3N2O2. The van der Waals surface area contributed by atoms with Crippen LogP contribution in [0.2, 0.25) is 0 Å². The lowest BCUT2D eigenvalue weighted by molar-refractivity contribution is -0.249. The number of ether oxygens (including phenoxy) is 1. The Labute approximate surface area is 163 Å². The quantitative estimate of drug-likeness (QED) is 0.570. The van der Waals surface area contributed by atoms with Gasteiger partial charge in [-0.05, 0) is 38.0 Å². The van der Waals surface area contributed by atoms with Crippen molar-refractivity contribution in [1.29, 1.82) is 0 Å². The van der Waals surface area contributed by atoms with Gasteiger partial charge in [-0.25, -0.2) is 4.99 Å². The molecule has 1 atom stereocenters. The number of aryl methyl sites for hydroxylation is 2. The summed E-state index contributed by atoms with van der Waals surface area (Å²) >= 11 is 0. The zero-order valence-electron chi connectivity index (χ0n) is 16.6. The maximum atomic E-state index is 14.2. The summed E-state index contributed by atoms with van der Waals surface area (Å²) in [6.45, 7) is 5.87. The van der Waals surface area contributed by atoms with Crippen LogP contribution >= 0.6 is 0 Å². The summed E-state index contributed by atoms with van der Waals surface area (Å²) in [5, 5.41) is 11.0. The fourth-order valence-electron chi connectivity index (χ4n) is 2.94. The van der Waals surface area contributed by atoms with E-state index in [1.807, 2.05) is 18.9 Å². The first-order valence-electron chi connectivity index (χ1n) is 8.85. The van der Waals surface area contributed by atoms with Crippen molar-refractivity contribution in [3.63, 3.8) is 0 Å². The summed E-state index contributed by atoms with van der Waals surface area (Å²) in [7, 11) is 3.11. The highest BCUT2D eigenvalue weighted by Crippen LogP contribution is 2.49. The molecule has 0 aliphatic heterocycles. The van der Waals surface area contributed by atoms with Crippen LogP contribution in [0.4, 0.5) is 18.9 Å². The average Bonchev–Trinajstić information content (AvgIpc) is 2.65. The largest absolute Gasteiger partial charge is 0.496 e. The number of hydrogen-bond acceptors (Lipinski definition) is 3. The van der Waals surface area contributed by atoms with Crippen LogP contribution < -0.4 is 4.74 Å². The first-order chi connectivity index (χ1) is 13.1. The van der Waals surface area contributed by atoms with E-state index in [0.717, 1.165) is 6.54 Å². The van der Waals surface area contributed by atoms with E-state index in [-0.39, 0.29) is 16.9 Å². The van der Waals surface area contributed by atoms with Gasteiger partial charge in [-0.3, -0.25) is 0 Å². The minimum atomic E-state index is -4.95. The molecule has 1 N–H and O–H groups in total. The van der Waals surface area contributed by atoms with Gasteiger partial charge >= 0.3 is 6.18 Å². The Hall–Kier alpha value is -2.54. The fourth-order valence-corrected chi connectivity index (χ4v) is 2.94. The monoisotopic (exact) mass is 394 g/mol. The van der Waals surface area contributed by atoms with Gasteiger partial charge in [-0.15, -0.1) is 0 Å². The average molecular weight is 394 g/mol. The van der Waals surface area contributed by atoms with E-state index < -0.39 is 11.8 Å². The molecule has 4 nitrogen and oxygen atoms in total. The predicted molar refractivity (Wildman–Crippen MR) is 104 cm³/mol. The Bertz CT molecular complexity index is 865. The van der Waals surface area contributed by atoms with Crippen molar-refractivity contribution in [3.8, 4) is 5.75 Å². The number of benzene rings is 2. The standard InChI is InChI=1S/C21H25F3N2O2/c1-6-26(4)13-25-18-12-19(28-5)17(11-15(18)3)20(27,21(22,23)24)16-10-8-7-9-14(16)2/h7-13,27H,6H2,1-5H3. The molecule has 0 aromatic heterocycles. The molecule has 7 heteroatoms. The number of nitrogens with zero attached hydrogens (tertiary/aromatic N) is 2. The van der Waals surface area contributed by atoms with Crippen LogP contribution in [0.1, 0.15) is 29.2 Å². The van der Waals surface area contributed by atoms with E-state index in [1.54, 1.807) is 19.3 Å². The Morgan fingerprint density at radius 2 is 1.75 bits per heavy atom. The van der Waals surface area contributed by atoms with Gasteiger partial charge < -0.3 is 14.7 Å². The number of methoxy groups -OCH3 is 1. The van der Waals surface area contributed by atoms with Crippen LogP contribution in [0.15, 0.2) is 41.4 Å². The maximum Gasteiger partial charge on any atom is 0.425 e. The number of aliphatic hydroxyl groups is 1. The molecule has 28 heavy (non-hydrogen) atoms. The van der Waals surface area contributed by atoms with Gasteiger partial charge in [0.05, 0.1) is 19.1 Å². The molecule has 2 rings (SSSR count). The number of rotatable bonds is 6. The van der Waals surface area contributed by atoms with E-state index in [2.05, 4.69) is 4.99 Å². The minimum absolute atomic E-state index is 0.0834. The van der Waals surface area contributed by atoms with Gasteiger partial charge in [-0.2, -0.15) is 13.2 Å². The highest BCUT2D eigenvalue weighted by molar-refractivity contribution is 5.66. The molecule has 2 aromatic carbocycles. The fraction of sp³-hybridized carbons (Fsp3) is 0.381. The molecule has 0 fully saturated rings. The van der Waals surface area contributed by atoms with Gasteiger partial charge in [0.15, 0.2) is 0 Å². The highest BCUT2D eigenvalue weighted by atomic mass is 19.4. The topological polar surface area (TPSA) is 45.1 Å². The van der Waals surface area contributed by atoms with Crippen LogP contribution in [0.25, 0.3) is 0 Å². The zero-order chi connectivity index (χ0) is 21.1. The van der Waals surface area contributed by atoms with Crippen molar-refractivity contribution in [3.05, 3.63) is 58.7 Å². The smallest absolute Gasteiger partial charge is 0.425 e. The summed E-state index contributed by atoms with van der Waals surface area (Å²) in [4.78, 5) is 6.15. The van der Waals surface area contributed by atoms with E-state index >= 15 is 0 Å². The molecule has 0 saturated carbocycles. The Kier molecular flexibility index (Phi) is 6.39. The van der Waals surface area contributed by atoms with Crippen LogP contribution in [0.5, 0.6) is 5.75 Å². The molecule has 0 bridgehead atoms. The van der Waals surface area contributed by atoms with Gasteiger partial charge in [-0.1, -0.05) is 24.3 Å². The van der Waals surface area contributed by atoms with E-state index in [9.17, 15) is 18.3 Å². The maximum absolute atomic E-state index is 14.2. The Morgan fingerprint density at radius 3 is 2.29 bits per heavy atom. The van der Waals surface area contributed by atoms with Crippen molar-refractivity contribution < 1.29 is 23.0 Å². The van der Waals surface area contributed by atoms with Crippen LogP contribution in [0, 0.1) is 13.8 Å². The van der Waals surface area contributed by atoms with Gasteiger partial charge in [0.2, 0.25) is 5.60 Å².